The number of carbonyl (C=O) groups is 2. The van der Waals surface area contributed by atoms with Gasteiger partial charge in [-0.3, -0.25) is 14.9 Å². The van der Waals surface area contributed by atoms with Crippen LogP contribution in [0, 0.1) is 5.92 Å². The van der Waals surface area contributed by atoms with E-state index in [2.05, 4.69) is 5.32 Å². The van der Waals surface area contributed by atoms with Crippen molar-refractivity contribution in [2.24, 2.45) is 5.92 Å². The molecular formula is C15H25F2N3O2. The topological polar surface area (TPSA) is 52.7 Å². The van der Waals surface area contributed by atoms with E-state index in [1.54, 1.807) is 9.80 Å². The molecule has 0 aromatic heterocycles. The van der Waals surface area contributed by atoms with Crippen LogP contribution in [0.4, 0.5) is 8.78 Å². The van der Waals surface area contributed by atoms with E-state index in [4.69, 9.17) is 0 Å². The second kappa shape index (κ2) is 6.89. The predicted octanol–water partition coefficient (Wildman–Crippen LogP) is 1.09. The minimum atomic E-state index is -2.79. The van der Waals surface area contributed by atoms with Crippen LogP contribution in [0.2, 0.25) is 0 Å². The lowest BCUT2D eigenvalue weighted by molar-refractivity contribution is -0.141. The van der Waals surface area contributed by atoms with Crippen LogP contribution in [0.5, 0.6) is 0 Å². The van der Waals surface area contributed by atoms with Crippen LogP contribution in [0.25, 0.3) is 0 Å². The van der Waals surface area contributed by atoms with Gasteiger partial charge in [0.1, 0.15) is 0 Å². The zero-order valence-corrected chi connectivity index (χ0v) is 13.3. The number of alkyl halides is 2. The van der Waals surface area contributed by atoms with Crippen molar-refractivity contribution in [3.05, 3.63) is 0 Å². The molecule has 2 heterocycles. The van der Waals surface area contributed by atoms with Crippen LogP contribution < -0.4 is 5.32 Å². The fraction of sp³-hybridized carbons (Fsp3) is 0.867. The standard InChI is InChI=1S/C15H25F2N3O2/c1-3-19(4-2)13(21)11-5-7-20(8-6-11)14(22)12-9-15(16,17)10-18-12/h11-12,18H,3-10H2,1-2H3. The average molecular weight is 317 g/mol. The molecule has 1 unspecified atom stereocenters. The van der Waals surface area contributed by atoms with Crippen molar-refractivity contribution in [3.63, 3.8) is 0 Å². The number of likely N-dealkylation sites (tertiary alicyclic amines) is 1. The van der Waals surface area contributed by atoms with E-state index >= 15 is 0 Å². The molecule has 0 aromatic carbocycles. The second-order valence-corrected chi connectivity index (χ2v) is 6.10. The van der Waals surface area contributed by atoms with E-state index in [9.17, 15) is 18.4 Å². The van der Waals surface area contributed by atoms with Gasteiger partial charge in [-0.25, -0.2) is 8.78 Å². The molecule has 0 aliphatic carbocycles. The molecule has 0 aromatic rings. The Hall–Kier alpha value is -1.24. The first-order valence-corrected chi connectivity index (χ1v) is 8.06. The van der Waals surface area contributed by atoms with Crippen LogP contribution in [0.15, 0.2) is 0 Å². The number of carbonyl (C=O) groups excluding carboxylic acids is 2. The lowest BCUT2D eigenvalue weighted by atomic mass is 9.94. The Bertz CT molecular complexity index is 419. The summed E-state index contributed by atoms with van der Waals surface area (Å²) in [5.41, 5.74) is 0. The summed E-state index contributed by atoms with van der Waals surface area (Å²) in [6.45, 7) is 5.80. The van der Waals surface area contributed by atoms with Crippen LogP contribution in [-0.2, 0) is 9.59 Å². The molecule has 0 spiro atoms. The molecule has 2 saturated heterocycles. The van der Waals surface area contributed by atoms with Gasteiger partial charge in [-0.2, -0.15) is 0 Å². The Morgan fingerprint density at radius 3 is 2.27 bits per heavy atom. The Balaban J connectivity index is 1.84. The molecular weight excluding hydrogens is 292 g/mol. The Morgan fingerprint density at radius 1 is 1.23 bits per heavy atom. The molecule has 0 bridgehead atoms. The highest BCUT2D eigenvalue weighted by Gasteiger charge is 2.44. The SMILES string of the molecule is CCN(CC)C(=O)C1CCN(C(=O)C2CC(F)(F)CN2)CC1. The van der Waals surface area contributed by atoms with Crippen molar-refractivity contribution in [2.75, 3.05) is 32.7 Å². The normalized spacial score (nSPS) is 25.3. The number of amides is 2. The molecule has 0 radical (unpaired) electrons. The molecule has 1 atom stereocenters. The first-order valence-electron chi connectivity index (χ1n) is 8.06. The first kappa shape index (κ1) is 17.1. The van der Waals surface area contributed by atoms with Gasteiger partial charge >= 0.3 is 0 Å². The van der Waals surface area contributed by atoms with Crippen LogP contribution in [0.3, 0.4) is 0 Å². The quantitative estimate of drug-likeness (QED) is 0.844. The molecule has 1 N–H and O–H groups in total. The lowest BCUT2D eigenvalue weighted by Gasteiger charge is -2.34. The van der Waals surface area contributed by atoms with Crippen molar-refractivity contribution in [1.29, 1.82) is 0 Å². The van der Waals surface area contributed by atoms with Gasteiger partial charge in [-0.05, 0) is 26.7 Å². The lowest BCUT2D eigenvalue weighted by Crippen LogP contribution is -2.49. The Labute approximate surface area is 130 Å². The summed E-state index contributed by atoms with van der Waals surface area (Å²) in [6.07, 6.45) is 0.804. The summed E-state index contributed by atoms with van der Waals surface area (Å²) < 4.78 is 26.3. The number of halogens is 2. The van der Waals surface area contributed by atoms with Crippen molar-refractivity contribution >= 4 is 11.8 Å². The highest BCUT2D eigenvalue weighted by atomic mass is 19.3. The predicted molar refractivity (Wildman–Crippen MR) is 78.6 cm³/mol. The number of piperidine rings is 1. The van der Waals surface area contributed by atoms with Gasteiger partial charge in [0.25, 0.3) is 5.92 Å². The fourth-order valence-electron chi connectivity index (χ4n) is 3.25. The number of hydrogen-bond acceptors (Lipinski definition) is 3. The van der Waals surface area contributed by atoms with Crippen molar-refractivity contribution < 1.29 is 18.4 Å². The van der Waals surface area contributed by atoms with E-state index < -0.39 is 24.9 Å². The van der Waals surface area contributed by atoms with E-state index in [0.29, 0.717) is 39.0 Å². The molecule has 22 heavy (non-hydrogen) atoms. The van der Waals surface area contributed by atoms with Gasteiger partial charge in [0.2, 0.25) is 11.8 Å². The van der Waals surface area contributed by atoms with E-state index in [1.807, 2.05) is 13.8 Å². The highest BCUT2D eigenvalue weighted by molar-refractivity contribution is 5.83. The maximum Gasteiger partial charge on any atom is 0.262 e. The van der Waals surface area contributed by atoms with E-state index in [1.165, 1.54) is 0 Å². The van der Waals surface area contributed by atoms with Crippen molar-refractivity contribution in [3.8, 4) is 0 Å². The first-order chi connectivity index (χ1) is 10.4. The molecule has 2 amide bonds. The Kier molecular flexibility index (Phi) is 5.36. The summed E-state index contributed by atoms with van der Waals surface area (Å²) in [5, 5.41) is 2.60. The van der Waals surface area contributed by atoms with Crippen molar-refractivity contribution in [2.45, 2.75) is 45.1 Å². The summed E-state index contributed by atoms with van der Waals surface area (Å²) in [4.78, 5) is 28.0. The number of nitrogens with one attached hydrogen (secondary N) is 1. The third kappa shape index (κ3) is 3.74. The van der Waals surface area contributed by atoms with Crippen LogP contribution >= 0.6 is 0 Å². The maximum absolute atomic E-state index is 13.2. The Morgan fingerprint density at radius 2 is 1.82 bits per heavy atom. The molecule has 2 aliphatic rings. The minimum Gasteiger partial charge on any atom is -0.343 e. The molecule has 2 fully saturated rings. The molecule has 126 valence electrons. The van der Waals surface area contributed by atoms with E-state index in [-0.39, 0.29) is 17.7 Å². The molecule has 2 aliphatic heterocycles. The smallest absolute Gasteiger partial charge is 0.262 e. The minimum absolute atomic E-state index is 0.0538. The number of hydrogen-bond donors (Lipinski definition) is 1. The van der Waals surface area contributed by atoms with E-state index in [0.717, 1.165) is 0 Å². The third-order valence-electron chi connectivity index (χ3n) is 4.64. The zero-order valence-electron chi connectivity index (χ0n) is 13.3. The number of rotatable bonds is 4. The van der Waals surface area contributed by atoms with Crippen LogP contribution in [-0.4, -0.2) is 66.3 Å². The highest BCUT2D eigenvalue weighted by Crippen LogP contribution is 2.27. The molecule has 0 saturated carbocycles. The van der Waals surface area contributed by atoms with Gasteiger partial charge in [0.15, 0.2) is 0 Å². The van der Waals surface area contributed by atoms with Gasteiger partial charge in [-0.1, -0.05) is 0 Å². The van der Waals surface area contributed by atoms with Gasteiger partial charge in [-0.15, -0.1) is 0 Å². The zero-order chi connectivity index (χ0) is 16.3. The van der Waals surface area contributed by atoms with Gasteiger partial charge in [0.05, 0.1) is 12.6 Å². The summed E-state index contributed by atoms with van der Waals surface area (Å²) in [6, 6.07) is -0.787. The fourth-order valence-corrected chi connectivity index (χ4v) is 3.25. The largest absolute Gasteiger partial charge is 0.343 e. The molecule has 5 nitrogen and oxygen atoms in total. The van der Waals surface area contributed by atoms with Crippen molar-refractivity contribution in [1.82, 2.24) is 15.1 Å². The molecule has 7 heteroatoms. The summed E-state index contributed by atoms with van der Waals surface area (Å²) in [7, 11) is 0. The van der Waals surface area contributed by atoms with Crippen LogP contribution in [0.1, 0.15) is 33.1 Å². The summed E-state index contributed by atoms with van der Waals surface area (Å²) in [5.74, 6) is -2.97. The summed E-state index contributed by atoms with van der Waals surface area (Å²) >= 11 is 0. The van der Waals surface area contributed by atoms with Gasteiger partial charge < -0.3 is 9.80 Å². The second-order valence-electron chi connectivity index (χ2n) is 6.10. The average Bonchev–Trinajstić information content (AvgIpc) is 2.88. The number of nitrogens with zero attached hydrogens (tertiary/aromatic N) is 2. The van der Waals surface area contributed by atoms with Gasteiger partial charge in [0, 0.05) is 38.5 Å². The molecule has 2 rings (SSSR count). The third-order valence-corrected chi connectivity index (χ3v) is 4.64. The monoisotopic (exact) mass is 317 g/mol. The maximum atomic E-state index is 13.2.